The van der Waals surface area contributed by atoms with E-state index in [2.05, 4.69) is 32.0 Å². The van der Waals surface area contributed by atoms with Crippen LogP contribution in [0, 0.1) is 0 Å². The molecule has 1 N–H and O–H groups in total. The molecule has 0 spiro atoms. The van der Waals surface area contributed by atoms with E-state index in [4.69, 9.17) is 4.74 Å². The molecule has 1 atom stereocenters. The number of nitrogens with zero attached hydrogens (tertiary/aromatic N) is 4. The van der Waals surface area contributed by atoms with Crippen LogP contribution in [0.15, 0.2) is 46.2 Å². The summed E-state index contributed by atoms with van der Waals surface area (Å²) in [5.41, 5.74) is 1.70. The lowest BCUT2D eigenvalue weighted by atomic mass is 9.97. The molecule has 3 aromatic heterocycles. The SMILES string of the molecule is COc1ccccc1[C@H]1CCN(CCCCn2c(=O)[nH]c3c(sc4nccnc43)c2=O)C1. The molecule has 0 saturated carbocycles. The highest BCUT2D eigenvalue weighted by Gasteiger charge is 2.25. The topological polar surface area (TPSA) is 93.1 Å². The average molecular weight is 452 g/mol. The Morgan fingerprint density at radius 1 is 1.16 bits per heavy atom. The monoisotopic (exact) mass is 451 g/mol. The standard InChI is InChI=1S/C23H25N5O3S/c1-31-17-7-3-2-6-16(17)15-8-13-27(14-15)11-4-5-12-28-22(29)20-18(26-23(28)30)19-21(32-20)25-10-9-24-19/h2-3,6-7,9-10,15H,4-5,8,11-14H2,1H3,(H,26,30)/t15-/m0/s1. The van der Waals surface area contributed by atoms with Crippen LogP contribution >= 0.6 is 11.3 Å². The minimum atomic E-state index is -0.384. The van der Waals surface area contributed by atoms with Crippen LogP contribution in [0.1, 0.15) is 30.7 Å². The van der Waals surface area contributed by atoms with E-state index >= 15 is 0 Å². The van der Waals surface area contributed by atoms with Gasteiger partial charge in [-0.2, -0.15) is 0 Å². The number of methoxy groups -OCH3 is 1. The minimum absolute atomic E-state index is 0.258. The van der Waals surface area contributed by atoms with Crippen molar-refractivity contribution in [2.45, 2.75) is 31.7 Å². The van der Waals surface area contributed by atoms with Crippen LogP contribution in [-0.4, -0.2) is 51.2 Å². The number of aromatic nitrogens is 4. The maximum Gasteiger partial charge on any atom is 0.328 e. The van der Waals surface area contributed by atoms with Crippen LogP contribution < -0.4 is 16.0 Å². The Balaban J connectivity index is 1.21. The summed E-state index contributed by atoms with van der Waals surface area (Å²) in [4.78, 5) is 39.9. The quantitative estimate of drug-likeness (QED) is 0.434. The van der Waals surface area contributed by atoms with Gasteiger partial charge >= 0.3 is 5.69 Å². The Kier molecular flexibility index (Phi) is 5.75. The van der Waals surface area contributed by atoms with Crippen molar-refractivity contribution >= 4 is 31.9 Å². The maximum atomic E-state index is 12.9. The van der Waals surface area contributed by atoms with Gasteiger partial charge in [0.25, 0.3) is 5.56 Å². The number of likely N-dealkylation sites (tertiary alicyclic amines) is 1. The highest BCUT2D eigenvalue weighted by Crippen LogP contribution is 2.33. The molecule has 9 heteroatoms. The van der Waals surface area contributed by atoms with Crippen molar-refractivity contribution in [3.63, 3.8) is 0 Å². The number of unbranched alkanes of at least 4 members (excludes halogenated alkanes) is 1. The van der Waals surface area contributed by atoms with Crippen molar-refractivity contribution in [3.05, 3.63) is 63.1 Å². The van der Waals surface area contributed by atoms with Crippen molar-refractivity contribution in [1.82, 2.24) is 24.4 Å². The first-order valence-electron chi connectivity index (χ1n) is 10.9. The van der Waals surface area contributed by atoms with E-state index < -0.39 is 0 Å². The number of thiophene rings is 1. The molecule has 166 valence electrons. The second-order valence-electron chi connectivity index (χ2n) is 8.14. The predicted octanol–water partition coefficient (Wildman–Crippen LogP) is 2.97. The van der Waals surface area contributed by atoms with Crippen LogP contribution in [0.5, 0.6) is 5.75 Å². The number of nitrogens with one attached hydrogen (secondary N) is 1. The van der Waals surface area contributed by atoms with E-state index in [1.54, 1.807) is 19.5 Å². The molecule has 0 unspecified atom stereocenters. The number of aromatic amines is 1. The van der Waals surface area contributed by atoms with E-state index in [1.165, 1.54) is 21.5 Å². The Morgan fingerprint density at radius 2 is 1.97 bits per heavy atom. The molecule has 1 fully saturated rings. The van der Waals surface area contributed by atoms with E-state index in [0.29, 0.717) is 33.0 Å². The molecule has 1 aromatic carbocycles. The summed E-state index contributed by atoms with van der Waals surface area (Å²) in [6.07, 6.45) is 5.97. The van der Waals surface area contributed by atoms with Gasteiger partial charge in [0.05, 0.1) is 12.6 Å². The summed E-state index contributed by atoms with van der Waals surface area (Å²) < 4.78 is 7.33. The fourth-order valence-corrected chi connectivity index (χ4v) is 5.59. The van der Waals surface area contributed by atoms with E-state index in [-0.39, 0.29) is 11.2 Å². The molecule has 4 heterocycles. The van der Waals surface area contributed by atoms with Crippen LogP contribution in [0.25, 0.3) is 20.6 Å². The molecule has 1 aliphatic rings. The summed E-state index contributed by atoms with van der Waals surface area (Å²) in [5.74, 6) is 1.44. The molecule has 0 aliphatic carbocycles. The largest absolute Gasteiger partial charge is 0.496 e. The molecule has 0 bridgehead atoms. The Hall–Kier alpha value is -3.04. The van der Waals surface area contributed by atoms with Crippen LogP contribution in [0.4, 0.5) is 0 Å². The van der Waals surface area contributed by atoms with E-state index in [9.17, 15) is 9.59 Å². The van der Waals surface area contributed by atoms with Crippen molar-refractivity contribution in [1.29, 1.82) is 0 Å². The first-order valence-corrected chi connectivity index (χ1v) is 11.7. The number of fused-ring (bicyclic) bond motifs is 3. The number of hydrogen-bond donors (Lipinski definition) is 1. The predicted molar refractivity (Wildman–Crippen MR) is 126 cm³/mol. The highest BCUT2D eigenvalue weighted by molar-refractivity contribution is 7.25. The maximum absolute atomic E-state index is 12.9. The van der Waals surface area contributed by atoms with Crippen LogP contribution in [0.2, 0.25) is 0 Å². The molecule has 4 aromatic rings. The summed E-state index contributed by atoms with van der Waals surface area (Å²) >= 11 is 1.28. The van der Waals surface area contributed by atoms with Gasteiger partial charge in [0.2, 0.25) is 0 Å². The molecule has 1 saturated heterocycles. The number of hydrogen-bond acceptors (Lipinski definition) is 7. The number of H-pyrrole nitrogens is 1. The Bertz CT molecular complexity index is 1380. The van der Waals surface area contributed by atoms with Gasteiger partial charge < -0.3 is 14.6 Å². The number of para-hydroxylation sites is 1. The summed E-state index contributed by atoms with van der Waals surface area (Å²) in [6, 6.07) is 8.24. The van der Waals surface area contributed by atoms with Gasteiger partial charge in [0.1, 0.15) is 20.8 Å². The zero-order valence-corrected chi connectivity index (χ0v) is 18.7. The molecule has 0 amide bonds. The van der Waals surface area contributed by atoms with Crippen LogP contribution in [0.3, 0.4) is 0 Å². The molecule has 32 heavy (non-hydrogen) atoms. The summed E-state index contributed by atoms with van der Waals surface area (Å²) in [7, 11) is 1.72. The number of rotatable bonds is 7. The number of ether oxygens (including phenoxy) is 1. The smallest absolute Gasteiger partial charge is 0.328 e. The zero-order valence-electron chi connectivity index (χ0n) is 17.9. The Morgan fingerprint density at radius 3 is 2.84 bits per heavy atom. The lowest BCUT2D eigenvalue weighted by molar-refractivity contribution is 0.320. The molecule has 1 aliphatic heterocycles. The summed E-state index contributed by atoms with van der Waals surface area (Å²) in [6.45, 7) is 3.42. The van der Waals surface area contributed by atoms with Gasteiger partial charge in [-0.3, -0.25) is 9.36 Å². The van der Waals surface area contributed by atoms with Crippen molar-refractivity contribution < 1.29 is 4.74 Å². The van der Waals surface area contributed by atoms with Gasteiger partial charge in [-0.15, -0.1) is 11.3 Å². The lowest BCUT2D eigenvalue weighted by Gasteiger charge is -2.17. The molecular formula is C23H25N5O3S. The van der Waals surface area contributed by atoms with Gasteiger partial charge in [-0.05, 0) is 44.0 Å². The third-order valence-electron chi connectivity index (χ3n) is 6.20. The van der Waals surface area contributed by atoms with Gasteiger partial charge in [0, 0.05) is 31.4 Å². The van der Waals surface area contributed by atoms with Crippen LogP contribution in [-0.2, 0) is 6.54 Å². The van der Waals surface area contributed by atoms with Gasteiger partial charge in [-0.1, -0.05) is 18.2 Å². The molecule has 0 radical (unpaired) electrons. The van der Waals surface area contributed by atoms with Gasteiger partial charge in [0.15, 0.2) is 0 Å². The lowest BCUT2D eigenvalue weighted by Crippen LogP contribution is -2.34. The molecular weight excluding hydrogens is 426 g/mol. The van der Waals surface area contributed by atoms with Crippen molar-refractivity contribution in [2.75, 3.05) is 26.7 Å². The second-order valence-corrected chi connectivity index (χ2v) is 9.14. The third kappa shape index (κ3) is 3.82. The average Bonchev–Trinajstić information content (AvgIpc) is 3.43. The minimum Gasteiger partial charge on any atom is -0.496 e. The molecule has 5 rings (SSSR count). The zero-order chi connectivity index (χ0) is 22.1. The second kappa shape index (κ2) is 8.84. The third-order valence-corrected chi connectivity index (χ3v) is 7.28. The number of benzene rings is 1. The van der Waals surface area contributed by atoms with E-state index in [0.717, 1.165) is 44.6 Å². The molecule has 8 nitrogen and oxygen atoms in total. The van der Waals surface area contributed by atoms with Gasteiger partial charge in [-0.25, -0.2) is 14.8 Å². The highest BCUT2D eigenvalue weighted by atomic mass is 32.1. The first-order chi connectivity index (χ1) is 15.7. The van der Waals surface area contributed by atoms with Crippen molar-refractivity contribution in [2.24, 2.45) is 0 Å². The summed E-state index contributed by atoms with van der Waals surface area (Å²) in [5, 5.41) is 0. The van der Waals surface area contributed by atoms with E-state index in [1.807, 2.05) is 12.1 Å². The fraction of sp³-hybridized carbons (Fsp3) is 0.391. The Labute approximate surface area is 188 Å². The van der Waals surface area contributed by atoms with Crippen molar-refractivity contribution in [3.8, 4) is 5.75 Å². The normalized spacial score (nSPS) is 16.8. The fourth-order valence-electron chi connectivity index (χ4n) is 4.58. The first kappa shape index (κ1) is 20.8.